The Bertz CT molecular complexity index is 491. The van der Waals surface area contributed by atoms with Crippen molar-refractivity contribution in [3.63, 3.8) is 0 Å². The number of aliphatic carboxylic acids is 1. The van der Waals surface area contributed by atoms with Gasteiger partial charge in [0.25, 0.3) is 0 Å². The van der Waals surface area contributed by atoms with Crippen molar-refractivity contribution in [3.05, 3.63) is 29.5 Å². The van der Waals surface area contributed by atoms with Crippen LogP contribution in [0.3, 0.4) is 0 Å². The lowest BCUT2D eigenvalue weighted by molar-refractivity contribution is -0.149. The van der Waals surface area contributed by atoms with Gasteiger partial charge in [0, 0.05) is 0 Å². The fraction of sp³-hybridized carbons (Fsp3) is 0.273. The van der Waals surface area contributed by atoms with E-state index in [-0.39, 0.29) is 6.61 Å². The third-order valence-electron chi connectivity index (χ3n) is 2.11. The number of hydrogen-bond donors (Lipinski definition) is 1. The van der Waals surface area contributed by atoms with Gasteiger partial charge >= 0.3 is 5.97 Å². The molecule has 0 fully saturated rings. The van der Waals surface area contributed by atoms with Crippen molar-refractivity contribution in [2.24, 2.45) is 0 Å². The van der Waals surface area contributed by atoms with Gasteiger partial charge in [-0.1, -0.05) is 6.07 Å². The Kier molecular flexibility index (Phi) is 3.55. The first-order valence-corrected chi connectivity index (χ1v) is 5.87. The Morgan fingerprint density at radius 1 is 1.71 bits per heavy atom. The predicted octanol–water partition coefficient (Wildman–Crippen LogP) is 2.39. The van der Waals surface area contributed by atoms with Crippen LogP contribution in [0.15, 0.2) is 28.2 Å². The fourth-order valence-corrected chi connectivity index (χ4v) is 1.82. The molecule has 5 nitrogen and oxygen atoms in total. The van der Waals surface area contributed by atoms with Gasteiger partial charge in [0.2, 0.25) is 5.89 Å². The summed E-state index contributed by atoms with van der Waals surface area (Å²) in [5, 5.41) is 10.6. The molecule has 2 heterocycles. The molecule has 2 aromatic heterocycles. The van der Waals surface area contributed by atoms with E-state index in [1.807, 2.05) is 17.5 Å². The average Bonchev–Trinajstić information content (AvgIpc) is 2.95. The minimum atomic E-state index is -0.994. The van der Waals surface area contributed by atoms with Crippen LogP contribution in [-0.4, -0.2) is 22.2 Å². The number of carbonyl (C=O) groups is 1. The lowest BCUT2D eigenvalue weighted by Gasteiger charge is -2.05. The number of carboxylic acids is 1. The summed E-state index contributed by atoms with van der Waals surface area (Å²) in [5.74, 6) is -0.464. The number of thiophene rings is 1. The molecule has 0 bridgehead atoms. The SMILES string of the molecule is C[C@@H](OCc1coc(-c2cccs2)n1)C(=O)O. The molecule has 1 N–H and O–H groups in total. The van der Waals surface area contributed by atoms with Crippen LogP contribution >= 0.6 is 11.3 Å². The highest BCUT2D eigenvalue weighted by atomic mass is 32.1. The number of oxazole rings is 1. The second-order valence-corrected chi connectivity index (χ2v) is 4.36. The lowest BCUT2D eigenvalue weighted by atomic mass is 10.4. The Balaban J connectivity index is 1.97. The summed E-state index contributed by atoms with van der Waals surface area (Å²) >= 11 is 1.53. The molecule has 90 valence electrons. The molecular weight excluding hydrogens is 242 g/mol. The molecule has 0 unspecified atom stereocenters. The van der Waals surface area contributed by atoms with Gasteiger partial charge in [-0.15, -0.1) is 11.3 Å². The first kappa shape index (κ1) is 11.8. The zero-order chi connectivity index (χ0) is 12.3. The highest BCUT2D eigenvalue weighted by Gasteiger charge is 2.13. The van der Waals surface area contributed by atoms with Crippen LogP contribution in [0.5, 0.6) is 0 Å². The van der Waals surface area contributed by atoms with E-state index in [1.54, 1.807) is 0 Å². The molecule has 2 rings (SSSR count). The van der Waals surface area contributed by atoms with E-state index in [0.717, 1.165) is 4.88 Å². The van der Waals surface area contributed by atoms with Crippen LogP contribution in [0.25, 0.3) is 10.8 Å². The number of ether oxygens (including phenoxy) is 1. The molecule has 0 saturated carbocycles. The summed E-state index contributed by atoms with van der Waals surface area (Å²) in [6.07, 6.45) is 0.626. The van der Waals surface area contributed by atoms with Crippen molar-refractivity contribution < 1.29 is 19.1 Å². The van der Waals surface area contributed by atoms with Crippen molar-refractivity contribution in [1.29, 1.82) is 0 Å². The van der Waals surface area contributed by atoms with Crippen LogP contribution in [0.2, 0.25) is 0 Å². The zero-order valence-electron chi connectivity index (χ0n) is 9.12. The summed E-state index contributed by atoms with van der Waals surface area (Å²) in [6.45, 7) is 1.60. The van der Waals surface area contributed by atoms with Crippen LogP contribution in [0, 0.1) is 0 Å². The normalized spacial score (nSPS) is 12.5. The van der Waals surface area contributed by atoms with Crippen molar-refractivity contribution >= 4 is 17.3 Å². The molecule has 6 heteroatoms. The zero-order valence-corrected chi connectivity index (χ0v) is 9.94. The van der Waals surface area contributed by atoms with Crippen LogP contribution in [0.4, 0.5) is 0 Å². The highest BCUT2D eigenvalue weighted by molar-refractivity contribution is 7.13. The van der Waals surface area contributed by atoms with E-state index in [4.69, 9.17) is 14.3 Å². The van der Waals surface area contributed by atoms with E-state index in [2.05, 4.69) is 4.98 Å². The molecule has 0 amide bonds. The maximum atomic E-state index is 10.5. The van der Waals surface area contributed by atoms with Crippen LogP contribution in [-0.2, 0) is 16.1 Å². The summed E-state index contributed by atoms with van der Waals surface area (Å²) in [4.78, 5) is 15.7. The van der Waals surface area contributed by atoms with Crippen molar-refractivity contribution in [1.82, 2.24) is 4.98 Å². The maximum Gasteiger partial charge on any atom is 0.332 e. The summed E-state index contributed by atoms with van der Waals surface area (Å²) < 4.78 is 10.4. The van der Waals surface area contributed by atoms with E-state index in [9.17, 15) is 4.79 Å². The largest absolute Gasteiger partial charge is 0.479 e. The first-order valence-electron chi connectivity index (χ1n) is 4.99. The monoisotopic (exact) mass is 253 g/mol. The minimum Gasteiger partial charge on any atom is -0.479 e. The molecular formula is C11H11NO4S. The van der Waals surface area contributed by atoms with Crippen molar-refractivity contribution in [2.75, 3.05) is 0 Å². The predicted molar refractivity (Wildman–Crippen MR) is 61.7 cm³/mol. The van der Waals surface area contributed by atoms with E-state index in [1.165, 1.54) is 24.5 Å². The molecule has 0 saturated heterocycles. The minimum absolute atomic E-state index is 0.127. The molecule has 0 spiro atoms. The van der Waals surface area contributed by atoms with Gasteiger partial charge in [-0.05, 0) is 18.4 Å². The number of hydrogen-bond acceptors (Lipinski definition) is 5. The Morgan fingerprint density at radius 3 is 3.18 bits per heavy atom. The average molecular weight is 253 g/mol. The van der Waals surface area contributed by atoms with Crippen molar-refractivity contribution in [2.45, 2.75) is 19.6 Å². The lowest BCUT2D eigenvalue weighted by Crippen LogP contribution is -2.19. The summed E-state index contributed by atoms with van der Waals surface area (Å²) in [6, 6.07) is 3.81. The molecule has 0 aliphatic rings. The molecule has 0 aliphatic heterocycles. The van der Waals surface area contributed by atoms with E-state index in [0.29, 0.717) is 11.6 Å². The van der Waals surface area contributed by atoms with Crippen LogP contribution < -0.4 is 0 Å². The number of aromatic nitrogens is 1. The second-order valence-electron chi connectivity index (χ2n) is 3.41. The van der Waals surface area contributed by atoms with Gasteiger partial charge in [-0.25, -0.2) is 9.78 Å². The second kappa shape index (κ2) is 5.11. The third-order valence-corrected chi connectivity index (χ3v) is 2.97. The van der Waals surface area contributed by atoms with Gasteiger partial charge in [-0.2, -0.15) is 0 Å². The van der Waals surface area contributed by atoms with E-state index >= 15 is 0 Å². The number of nitrogens with zero attached hydrogens (tertiary/aromatic N) is 1. The summed E-state index contributed by atoms with van der Waals surface area (Å²) in [5.41, 5.74) is 0.585. The molecule has 0 aromatic carbocycles. The first-order chi connectivity index (χ1) is 8.16. The molecule has 0 radical (unpaired) electrons. The summed E-state index contributed by atoms with van der Waals surface area (Å²) in [7, 11) is 0. The van der Waals surface area contributed by atoms with Crippen molar-refractivity contribution in [3.8, 4) is 10.8 Å². The fourth-order valence-electron chi connectivity index (χ4n) is 1.17. The Morgan fingerprint density at radius 2 is 2.53 bits per heavy atom. The van der Waals surface area contributed by atoms with Gasteiger partial charge in [0.15, 0.2) is 6.10 Å². The smallest absolute Gasteiger partial charge is 0.332 e. The quantitative estimate of drug-likeness (QED) is 0.885. The topological polar surface area (TPSA) is 72.6 Å². The van der Waals surface area contributed by atoms with Gasteiger partial charge in [0.05, 0.1) is 11.5 Å². The van der Waals surface area contributed by atoms with Gasteiger partial charge < -0.3 is 14.3 Å². The third kappa shape index (κ3) is 2.92. The standard InChI is InChI=1S/C11H11NO4S/c1-7(11(13)14)15-5-8-6-16-10(12-8)9-3-2-4-17-9/h2-4,6-7H,5H2,1H3,(H,13,14)/t7-/m1/s1. The maximum absolute atomic E-state index is 10.5. The van der Waals surface area contributed by atoms with Gasteiger partial charge in [-0.3, -0.25) is 0 Å². The van der Waals surface area contributed by atoms with Crippen LogP contribution in [0.1, 0.15) is 12.6 Å². The Hall–Kier alpha value is -1.66. The van der Waals surface area contributed by atoms with E-state index < -0.39 is 12.1 Å². The number of carboxylic acid groups (broad SMARTS) is 1. The Labute approximate surface area is 102 Å². The molecule has 17 heavy (non-hydrogen) atoms. The molecule has 1 atom stereocenters. The van der Waals surface area contributed by atoms with Gasteiger partial charge in [0.1, 0.15) is 12.0 Å². The molecule has 2 aromatic rings. The number of rotatable bonds is 5. The molecule has 0 aliphatic carbocycles. The highest BCUT2D eigenvalue weighted by Crippen LogP contribution is 2.23.